The van der Waals surface area contributed by atoms with Crippen molar-refractivity contribution in [3.63, 3.8) is 0 Å². The van der Waals surface area contributed by atoms with Gasteiger partial charge in [0.15, 0.2) is 5.96 Å². The molecular weight excluding hydrogens is 477 g/mol. The highest BCUT2D eigenvalue weighted by molar-refractivity contribution is 14.0. The largest absolute Gasteiger partial charge is 0.444 e. The number of halogens is 1. The van der Waals surface area contributed by atoms with Gasteiger partial charge in [-0.15, -0.1) is 24.0 Å². The van der Waals surface area contributed by atoms with Crippen molar-refractivity contribution in [2.45, 2.75) is 33.7 Å². The maximum Gasteiger partial charge on any atom is 0.226 e. The smallest absolute Gasteiger partial charge is 0.226 e. The molecule has 29 heavy (non-hydrogen) atoms. The Balaban J connectivity index is 0.00000300. The highest BCUT2D eigenvalue weighted by Gasteiger charge is 2.07. The molecule has 3 aromatic rings. The molecule has 0 radical (unpaired) electrons. The number of oxazole rings is 1. The lowest BCUT2D eigenvalue weighted by Gasteiger charge is -2.11. The number of benzene rings is 1. The van der Waals surface area contributed by atoms with Crippen molar-refractivity contribution < 1.29 is 4.42 Å². The van der Waals surface area contributed by atoms with E-state index in [-0.39, 0.29) is 24.0 Å². The third-order valence-corrected chi connectivity index (χ3v) is 4.42. The third kappa shape index (κ3) is 6.85. The Morgan fingerprint density at radius 3 is 2.62 bits per heavy atom. The second-order valence-electron chi connectivity index (χ2n) is 6.68. The first-order chi connectivity index (χ1) is 13.7. The van der Waals surface area contributed by atoms with Gasteiger partial charge in [-0.3, -0.25) is 4.98 Å². The molecule has 0 aliphatic heterocycles. The molecule has 0 fully saturated rings. The molecular formula is C22H28IN5O. The second-order valence-corrected chi connectivity index (χ2v) is 6.68. The second kappa shape index (κ2) is 11.5. The minimum atomic E-state index is 0. The Bertz CT molecular complexity index is 921. The Hall–Kier alpha value is -2.42. The van der Waals surface area contributed by atoms with E-state index in [0.717, 1.165) is 36.7 Å². The van der Waals surface area contributed by atoms with Crippen molar-refractivity contribution in [2.24, 2.45) is 4.99 Å². The van der Waals surface area contributed by atoms with E-state index in [9.17, 15) is 0 Å². The minimum Gasteiger partial charge on any atom is -0.444 e. The highest BCUT2D eigenvalue weighted by atomic mass is 127. The number of aromatic nitrogens is 2. The van der Waals surface area contributed by atoms with Crippen LogP contribution in [0.4, 0.5) is 0 Å². The van der Waals surface area contributed by atoms with Crippen molar-refractivity contribution in [3.05, 3.63) is 71.4 Å². The van der Waals surface area contributed by atoms with E-state index in [1.807, 2.05) is 24.5 Å². The summed E-state index contributed by atoms with van der Waals surface area (Å²) >= 11 is 0. The fourth-order valence-electron chi connectivity index (χ4n) is 2.81. The van der Waals surface area contributed by atoms with E-state index < -0.39 is 0 Å². The van der Waals surface area contributed by atoms with E-state index in [2.05, 4.69) is 64.6 Å². The monoisotopic (exact) mass is 505 g/mol. The van der Waals surface area contributed by atoms with Gasteiger partial charge in [0.1, 0.15) is 12.0 Å². The van der Waals surface area contributed by atoms with Gasteiger partial charge in [0, 0.05) is 31.0 Å². The summed E-state index contributed by atoms with van der Waals surface area (Å²) in [6.07, 6.45) is 6.31. The molecule has 2 aromatic heterocycles. The quantitative estimate of drug-likeness (QED) is 0.285. The van der Waals surface area contributed by atoms with Crippen LogP contribution in [0.25, 0.3) is 11.5 Å². The number of guanidine groups is 1. The number of hydrogen-bond donors (Lipinski definition) is 2. The molecule has 2 N–H and O–H groups in total. The summed E-state index contributed by atoms with van der Waals surface area (Å²) in [6, 6.07) is 10.2. The summed E-state index contributed by atoms with van der Waals surface area (Å²) in [7, 11) is 0. The van der Waals surface area contributed by atoms with E-state index in [4.69, 9.17) is 4.42 Å². The van der Waals surface area contributed by atoms with Gasteiger partial charge >= 0.3 is 0 Å². The van der Waals surface area contributed by atoms with Crippen LogP contribution in [-0.2, 0) is 13.0 Å². The topological polar surface area (TPSA) is 75.3 Å². The number of nitrogens with one attached hydrogen (secondary N) is 2. The van der Waals surface area contributed by atoms with E-state index in [0.29, 0.717) is 12.4 Å². The highest BCUT2D eigenvalue weighted by Crippen LogP contribution is 2.19. The van der Waals surface area contributed by atoms with Crippen LogP contribution in [0.15, 0.2) is 58.4 Å². The molecule has 0 saturated heterocycles. The molecule has 0 aliphatic carbocycles. The fraction of sp³-hybridized carbons (Fsp3) is 0.318. The zero-order chi connectivity index (χ0) is 19.8. The number of rotatable bonds is 7. The third-order valence-electron chi connectivity index (χ3n) is 4.42. The van der Waals surface area contributed by atoms with E-state index in [1.54, 1.807) is 6.26 Å². The summed E-state index contributed by atoms with van der Waals surface area (Å²) < 4.78 is 5.61. The minimum absolute atomic E-state index is 0. The first kappa shape index (κ1) is 22.9. The molecule has 0 spiro atoms. The van der Waals surface area contributed by atoms with Gasteiger partial charge in [0.2, 0.25) is 5.89 Å². The molecule has 0 unspecified atom stereocenters. The van der Waals surface area contributed by atoms with Crippen LogP contribution in [0.3, 0.4) is 0 Å². The number of aryl methyl sites for hydroxylation is 2. The Kier molecular flexibility index (Phi) is 9.11. The normalized spacial score (nSPS) is 11.1. The zero-order valence-corrected chi connectivity index (χ0v) is 19.4. The standard InChI is InChI=1S/C22H27N5O.HI/c1-4-24-22(25-12-10-18-9-11-23-13-17(18)3)26-14-20-15-28-21(27-20)19-7-5-16(2)6-8-19;/h5-9,11,13,15H,4,10,12,14H2,1-3H3,(H2,24,25,26);1H. The van der Waals surface area contributed by atoms with Crippen molar-refractivity contribution in [1.29, 1.82) is 0 Å². The van der Waals surface area contributed by atoms with Gasteiger partial charge in [0.25, 0.3) is 0 Å². The predicted octanol–water partition coefficient (Wildman–Crippen LogP) is 4.27. The van der Waals surface area contributed by atoms with Gasteiger partial charge in [-0.2, -0.15) is 0 Å². The van der Waals surface area contributed by atoms with Gasteiger partial charge in [-0.1, -0.05) is 17.7 Å². The maximum absolute atomic E-state index is 5.61. The molecule has 3 rings (SSSR count). The Morgan fingerprint density at radius 2 is 1.90 bits per heavy atom. The van der Waals surface area contributed by atoms with Crippen molar-refractivity contribution in [1.82, 2.24) is 20.6 Å². The van der Waals surface area contributed by atoms with Crippen LogP contribution in [0.1, 0.15) is 29.3 Å². The average Bonchev–Trinajstić information content (AvgIpc) is 3.17. The van der Waals surface area contributed by atoms with Gasteiger partial charge in [-0.05, 0) is 56.5 Å². The molecule has 6 nitrogen and oxygen atoms in total. The Labute approximate surface area is 189 Å². The van der Waals surface area contributed by atoms with Gasteiger partial charge in [-0.25, -0.2) is 9.98 Å². The first-order valence-corrected chi connectivity index (χ1v) is 9.59. The van der Waals surface area contributed by atoms with Crippen molar-refractivity contribution in [3.8, 4) is 11.5 Å². The van der Waals surface area contributed by atoms with Crippen LogP contribution < -0.4 is 10.6 Å². The first-order valence-electron chi connectivity index (χ1n) is 9.59. The number of nitrogens with zero attached hydrogens (tertiary/aromatic N) is 3. The lowest BCUT2D eigenvalue weighted by Crippen LogP contribution is -2.38. The molecule has 154 valence electrons. The zero-order valence-electron chi connectivity index (χ0n) is 17.1. The van der Waals surface area contributed by atoms with Crippen molar-refractivity contribution >= 4 is 29.9 Å². The number of aliphatic imine (C=N–C) groups is 1. The van der Waals surface area contributed by atoms with Gasteiger partial charge < -0.3 is 15.1 Å². The lowest BCUT2D eigenvalue weighted by atomic mass is 10.1. The summed E-state index contributed by atoms with van der Waals surface area (Å²) in [5, 5.41) is 6.64. The number of pyridine rings is 1. The molecule has 0 bridgehead atoms. The van der Waals surface area contributed by atoms with E-state index in [1.165, 1.54) is 16.7 Å². The SMILES string of the molecule is CCNC(=NCc1coc(-c2ccc(C)cc2)n1)NCCc1ccncc1C.I. The molecule has 1 aromatic carbocycles. The molecule has 0 amide bonds. The average molecular weight is 505 g/mol. The predicted molar refractivity (Wildman–Crippen MR) is 128 cm³/mol. The fourth-order valence-corrected chi connectivity index (χ4v) is 2.81. The van der Waals surface area contributed by atoms with Crippen LogP contribution in [-0.4, -0.2) is 29.0 Å². The summed E-state index contributed by atoms with van der Waals surface area (Å²) in [4.78, 5) is 13.3. The summed E-state index contributed by atoms with van der Waals surface area (Å²) in [5.74, 6) is 1.39. The molecule has 7 heteroatoms. The summed E-state index contributed by atoms with van der Waals surface area (Å²) in [5.41, 5.74) is 5.48. The van der Waals surface area contributed by atoms with Crippen LogP contribution in [0, 0.1) is 13.8 Å². The number of hydrogen-bond acceptors (Lipinski definition) is 4. The summed E-state index contributed by atoms with van der Waals surface area (Å²) in [6.45, 7) is 8.25. The van der Waals surface area contributed by atoms with Crippen LogP contribution >= 0.6 is 24.0 Å². The molecule has 0 aliphatic rings. The van der Waals surface area contributed by atoms with Crippen molar-refractivity contribution in [2.75, 3.05) is 13.1 Å². The Morgan fingerprint density at radius 1 is 1.10 bits per heavy atom. The molecule has 2 heterocycles. The molecule has 0 atom stereocenters. The van der Waals surface area contributed by atoms with Crippen LogP contribution in [0.2, 0.25) is 0 Å². The maximum atomic E-state index is 5.61. The van der Waals surface area contributed by atoms with Crippen LogP contribution in [0.5, 0.6) is 0 Å². The lowest BCUT2D eigenvalue weighted by molar-refractivity contribution is 0.572. The van der Waals surface area contributed by atoms with E-state index >= 15 is 0 Å². The van der Waals surface area contributed by atoms with Gasteiger partial charge in [0.05, 0.1) is 6.54 Å². The molecule has 0 saturated carbocycles.